The van der Waals surface area contributed by atoms with Crippen LogP contribution in [-0.2, 0) is 0 Å². The second-order valence-corrected chi connectivity index (χ2v) is 4.21. The zero-order valence-electron chi connectivity index (χ0n) is 8.92. The van der Waals surface area contributed by atoms with Gasteiger partial charge in [0.05, 0.1) is 0 Å². The monoisotopic (exact) mass is 272 g/mol. The van der Waals surface area contributed by atoms with E-state index in [2.05, 4.69) is 21.2 Å². The Hall–Kier alpha value is -0.580. The molecule has 1 aromatic rings. The van der Waals surface area contributed by atoms with Gasteiger partial charge >= 0.3 is 0 Å². The van der Waals surface area contributed by atoms with Crippen LogP contribution in [0.15, 0.2) is 22.7 Å². The lowest BCUT2D eigenvalue weighted by molar-refractivity contribution is 0.313. The summed E-state index contributed by atoms with van der Waals surface area (Å²) in [5, 5.41) is 3.18. The Morgan fingerprint density at radius 2 is 2.20 bits per heavy atom. The van der Waals surface area contributed by atoms with Crippen molar-refractivity contribution in [2.75, 3.05) is 26.2 Å². The summed E-state index contributed by atoms with van der Waals surface area (Å²) >= 11 is 3.42. The van der Waals surface area contributed by atoms with Crippen molar-refractivity contribution in [1.82, 2.24) is 5.32 Å². The molecule has 0 bridgehead atoms. The van der Waals surface area contributed by atoms with E-state index >= 15 is 0 Å². The molecule has 4 heteroatoms. The Morgan fingerprint density at radius 3 is 2.87 bits per heavy atom. The van der Waals surface area contributed by atoms with Crippen LogP contribution in [0, 0.1) is 6.92 Å². The molecule has 0 aliphatic heterocycles. The fourth-order valence-corrected chi connectivity index (χ4v) is 1.71. The van der Waals surface area contributed by atoms with Crippen molar-refractivity contribution in [1.29, 1.82) is 0 Å². The molecule has 0 aliphatic carbocycles. The summed E-state index contributed by atoms with van der Waals surface area (Å²) in [6.45, 7) is 5.03. The number of hydrogen-bond acceptors (Lipinski definition) is 3. The summed E-state index contributed by atoms with van der Waals surface area (Å²) in [6, 6.07) is 6.00. The van der Waals surface area contributed by atoms with Crippen LogP contribution in [0.4, 0.5) is 0 Å². The topological polar surface area (TPSA) is 47.3 Å². The maximum atomic E-state index is 5.61. The first-order valence-electron chi connectivity index (χ1n) is 5.04. The summed E-state index contributed by atoms with van der Waals surface area (Å²) in [5.41, 5.74) is 6.50. The number of aryl methyl sites for hydroxylation is 1. The van der Waals surface area contributed by atoms with Gasteiger partial charge in [-0.05, 0) is 30.7 Å². The number of hydrogen-bond donors (Lipinski definition) is 2. The fourth-order valence-electron chi connectivity index (χ4n) is 1.23. The first kappa shape index (κ1) is 12.5. The summed E-state index contributed by atoms with van der Waals surface area (Å²) in [7, 11) is 0. The molecule has 0 atom stereocenters. The maximum absolute atomic E-state index is 5.61. The van der Waals surface area contributed by atoms with Crippen molar-refractivity contribution in [3.8, 4) is 5.75 Å². The van der Waals surface area contributed by atoms with Crippen molar-refractivity contribution in [2.24, 2.45) is 5.73 Å². The SMILES string of the molecule is Cc1cc(Br)ccc1OCCNCCN. The third kappa shape index (κ3) is 4.64. The van der Waals surface area contributed by atoms with E-state index in [1.165, 1.54) is 0 Å². The average molecular weight is 273 g/mol. The molecule has 0 saturated heterocycles. The largest absolute Gasteiger partial charge is 0.492 e. The van der Waals surface area contributed by atoms with Crippen LogP contribution < -0.4 is 15.8 Å². The molecule has 0 aliphatic rings. The highest BCUT2D eigenvalue weighted by Gasteiger charge is 1.99. The lowest BCUT2D eigenvalue weighted by Gasteiger charge is -2.09. The molecule has 0 spiro atoms. The predicted octanol–water partition coefficient (Wildman–Crippen LogP) is 1.68. The van der Waals surface area contributed by atoms with Crippen LogP contribution in [0.5, 0.6) is 5.75 Å². The summed E-state index contributed by atoms with van der Waals surface area (Å²) in [6.07, 6.45) is 0. The van der Waals surface area contributed by atoms with Gasteiger partial charge in [0, 0.05) is 24.1 Å². The Kier molecular flexibility index (Phi) is 5.68. The molecular formula is C11H17BrN2O. The van der Waals surface area contributed by atoms with Crippen LogP contribution >= 0.6 is 15.9 Å². The lowest BCUT2D eigenvalue weighted by Crippen LogP contribution is -2.26. The van der Waals surface area contributed by atoms with Gasteiger partial charge in [-0.1, -0.05) is 15.9 Å². The third-order valence-corrected chi connectivity index (χ3v) is 2.49. The predicted molar refractivity (Wildman–Crippen MR) is 66.3 cm³/mol. The third-order valence-electron chi connectivity index (χ3n) is 1.99. The van der Waals surface area contributed by atoms with Crippen LogP contribution in [0.25, 0.3) is 0 Å². The summed E-state index contributed by atoms with van der Waals surface area (Å²) in [4.78, 5) is 0. The smallest absolute Gasteiger partial charge is 0.122 e. The fraction of sp³-hybridized carbons (Fsp3) is 0.455. The Morgan fingerprint density at radius 1 is 1.40 bits per heavy atom. The first-order valence-corrected chi connectivity index (χ1v) is 5.83. The van der Waals surface area contributed by atoms with E-state index in [4.69, 9.17) is 10.5 Å². The molecular weight excluding hydrogens is 256 g/mol. The Balaban J connectivity index is 2.31. The molecule has 0 heterocycles. The molecule has 3 nitrogen and oxygen atoms in total. The number of ether oxygens (including phenoxy) is 1. The van der Waals surface area contributed by atoms with E-state index in [-0.39, 0.29) is 0 Å². The lowest BCUT2D eigenvalue weighted by atomic mass is 10.2. The van der Waals surface area contributed by atoms with Gasteiger partial charge in [-0.25, -0.2) is 0 Å². The zero-order chi connectivity index (χ0) is 11.1. The molecule has 1 aromatic carbocycles. The van der Waals surface area contributed by atoms with Gasteiger partial charge in [-0.15, -0.1) is 0 Å². The quantitative estimate of drug-likeness (QED) is 0.775. The van der Waals surface area contributed by atoms with Gasteiger partial charge in [0.1, 0.15) is 12.4 Å². The molecule has 15 heavy (non-hydrogen) atoms. The molecule has 0 aromatic heterocycles. The standard InChI is InChI=1S/C11H17BrN2O/c1-9-8-10(12)2-3-11(9)15-7-6-14-5-4-13/h2-3,8,14H,4-7,13H2,1H3. The summed E-state index contributed by atoms with van der Waals surface area (Å²) < 4.78 is 6.69. The van der Waals surface area contributed by atoms with Gasteiger partial charge in [-0.2, -0.15) is 0 Å². The minimum atomic E-state index is 0.664. The van der Waals surface area contributed by atoms with E-state index in [1.807, 2.05) is 25.1 Å². The van der Waals surface area contributed by atoms with Crippen molar-refractivity contribution >= 4 is 15.9 Å². The van der Waals surface area contributed by atoms with Crippen LogP contribution in [0.1, 0.15) is 5.56 Å². The highest BCUT2D eigenvalue weighted by atomic mass is 79.9. The average Bonchev–Trinajstić information content (AvgIpc) is 2.20. The van der Waals surface area contributed by atoms with Gasteiger partial charge in [0.2, 0.25) is 0 Å². The van der Waals surface area contributed by atoms with Crippen LogP contribution in [0.3, 0.4) is 0 Å². The molecule has 0 amide bonds. The number of nitrogens with one attached hydrogen (secondary N) is 1. The minimum Gasteiger partial charge on any atom is -0.492 e. The van der Waals surface area contributed by atoms with Crippen LogP contribution in [0.2, 0.25) is 0 Å². The van der Waals surface area contributed by atoms with Crippen molar-refractivity contribution in [3.05, 3.63) is 28.2 Å². The van der Waals surface area contributed by atoms with E-state index < -0.39 is 0 Å². The molecule has 0 saturated carbocycles. The zero-order valence-corrected chi connectivity index (χ0v) is 10.5. The maximum Gasteiger partial charge on any atom is 0.122 e. The first-order chi connectivity index (χ1) is 7.24. The van der Waals surface area contributed by atoms with Crippen molar-refractivity contribution < 1.29 is 4.74 Å². The van der Waals surface area contributed by atoms with E-state index in [9.17, 15) is 0 Å². The minimum absolute atomic E-state index is 0.664. The number of nitrogens with two attached hydrogens (primary N) is 1. The molecule has 0 fully saturated rings. The molecule has 84 valence electrons. The Bertz CT molecular complexity index is 305. The molecule has 1 rings (SSSR count). The number of benzene rings is 1. The van der Waals surface area contributed by atoms with E-state index in [1.54, 1.807) is 0 Å². The highest BCUT2D eigenvalue weighted by molar-refractivity contribution is 9.10. The molecule has 0 radical (unpaired) electrons. The number of halogens is 1. The summed E-state index contributed by atoms with van der Waals surface area (Å²) in [5.74, 6) is 0.938. The molecule has 0 unspecified atom stereocenters. The van der Waals surface area contributed by atoms with Gasteiger partial charge < -0.3 is 15.8 Å². The molecule has 3 N–H and O–H groups in total. The van der Waals surface area contributed by atoms with E-state index in [0.29, 0.717) is 13.2 Å². The van der Waals surface area contributed by atoms with Crippen molar-refractivity contribution in [2.45, 2.75) is 6.92 Å². The van der Waals surface area contributed by atoms with Crippen molar-refractivity contribution in [3.63, 3.8) is 0 Å². The van der Waals surface area contributed by atoms with Gasteiger partial charge in [-0.3, -0.25) is 0 Å². The Labute approximate surface area is 99.1 Å². The van der Waals surface area contributed by atoms with Crippen LogP contribution in [-0.4, -0.2) is 26.2 Å². The van der Waals surface area contributed by atoms with Gasteiger partial charge in [0.25, 0.3) is 0 Å². The highest BCUT2D eigenvalue weighted by Crippen LogP contribution is 2.21. The van der Waals surface area contributed by atoms with E-state index in [0.717, 1.165) is 28.9 Å². The second-order valence-electron chi connectivity index (χ2n) is 3.30. The number of rotatable bonds is 6. The van der Waals surface area contributed by atoms with Gasteiger partial charge in [0.15, 0.2) is 0 Å². The normalized spacial score (nSPS) is 10.3. The second kappa shape index (κ2) is 6.82.